The first-order chi connectivity index (χ1) is 5.27. The average Bonchev–Trinajstić information content (AvgIpc) is 2.32. The summed E-state index contributed by atoms with van der Waals surface area (Å²) in [4.78, 5) is 0. The van der Waals surface area contributed by atoms with Crippen LogP contribution in [-0.2, 0) is 0 Å². The van der Waals surface area contributed by atoms with Gasteiger partial charge in [0.25, 0.3) is 0 Å². The molecule has 0 saturated carbocycles. The molecule has 0 bridgehead atoms. The first-order valence-corrected chi connectivity index (χ1v) is 3.34. The molecule has 0 saturated heterocycles. The van der Waals surface area contributed by atoms with Crippen LogP contribution in [0, 0.1) is 6.92 Å². The second kappa shape index (κ2) is 1.95. The predicted octanol–water partition coefficient (Wildman–Crippen LogP) is 0.620. The van der Waals surface area contributed by atoms with E-state index in [1.54, 1.807) is 4.40 Å². The summed E-state index contributed by atoms with van der Waals surface area (Å²) < 4.78 is 1.74. The Kier molecular flexibility index (Phi) is 1.09. The van der Waals surface area contributed by atoms with Crippen molar-refractivity contribution in [3.63, 3.8) is 0 Å². The highest BCUT2D eigenvalue weighted by molar-refractivity contribution is 5.44. The number of aromatic nitrogens is 3. The standard InChI is InChI=1S/C7H8N4/c1-5-2-3-11-6(4-5)9-10-7(11)8/h2-4H,1H3,(H2,8,10). The maximum atomic E-state index is 5.52. The maximum absolute atomic E-state index is 5.52. The van der Waals surface area contributed by atoms with E-state index < -0.39 is 0 Å². The Balaban J connectivity index is 2.86. The third kappa shape index (κ3) is 0.832. The lowest BCUT2D eigenvalue weighted by molar-refractivity contribution is 1.12. The Bertz CT molecular complexity index is 390. The summed E-state index contributed by atoms with van der Waals surface area (Å²) in [5, 5.41) is 7.59. The van der Waals surface area contributed by atoms with E-state index in [-0.39, 0.29) is 0 Å². The Morgan fingerprint density at radius 3 is 3.09 bits per heavy atom. The van der Waals surface area contributed by atoms with Gasteiger partial charge in [0.15, 0.2) is 5.65 Å². The van der Waals surface area contributed by atoms with E-state index in [2.05, 4.69) is 10.2 Å². The van der Waals surface area contributed by atoms with E-state index in [4.69, 9.17) is 5.73 Å². The van der Waals surface area contributed by atoms with E-state index in [9.17, 15) is 0 Å². The average molecular weight is 148 g/mol. The molecule has 56 valence electrons. The van der Waals surface area contributed by atoms with Crippen LogP contribution in [0.25, 0.3) is 5.65 Å². The van der Waals surface area contributed by atoms with Crippen molar-refractivity contribution in [2.24, 2.45) is 0 Å². The zero-order chi connectivity index (χ0) is 7.84. The van der Waals surface area contributed by atoms with Crippen LogP contribution in [0.1, 0.15) is 5.56 Å². The number of anilines is 1. The van der Waals surface area contributed by atoms with E-state index >= 15 is 0 Å². The summed E-state index contributed by atoms with van der Waals surface area (Å²) in [7, 11) is 0. The molecule has 0 aliphatic rings. The van der Waals surface area contributed by atoms with Crippen molar-refractivity contribution in [2.75, 3.05) is 5.73 Å². The molecule has 0 aliphatic heterocycles. The van der Waals surface area contributed by atoms with Gasteiger partial charge in [0.05, 0.1) is 0 Å². The summed E-state index contributed by atoms with van der Waals surface area (Å²) >= 11 is 0. The summed E-state index contributed by atoms with van der Waals surface area (Å²) in [6.07, 6.45) is 1.86. The molecular weight excluding hydrogens is 140 g/mol. The quantitative estimate of drug-likeness (QED) is 0.595. The van der Waals surface area contributed by atoms with Gasteiger partial charge in [-0.2, -0.15) is 0 Å². The maximum Gasteiger partial charge on any atom is 0.226 e. The van der Waals surface area contributed by atoms with Gasteiger partial charge in [-0.1, -0.05) is 0 Å². The lowest BCUT2D eigenvalue weighted by atomic mass is 10.3. The van der Waals surface area contributed by atoms with Crippen LogP contribution >= 0.6 is 0 Å². The van der Waals surface area contributed by atoms with Crippen molar-refractivity contribution in [1.82, 2.24) is 14.6 Å². The summed E-state index contributed by atoms with van der Waals surface area (Å²) in [6.45, 7) is 2.00. The number of pyridine rings is 1. The molecule has 4 heteroatoms. The molecule has 0 spiro atoms. The second-order valence-corrected chi connectivity index (χ2v) is 2.49. The number of aryl methyl sites for hydroxylation is 1. The van der Waals surface area contributed by atoms with Crippen LogP contribution in [0.3, 0.4) is 0 Å². The van der Waals surface area contributed by atoms with E-state index in [1.165, 1.54) is 0 Å². The van der Waals surface area contributed by atoms with Crippen molar-refractivity contribution in [3.05, 3.63) is 23.9 Å². The molecule has 2 aromatic heterocycles. The molecule has 0 atom stereocenters. The monoisotopic (exact) mass is 148 g/mol. The normalized spacial score (nSPS) is 10.6. The smallest absolute Gasteiger partial charge is 0.226 e. The minimum absolute atomic E-state index is 0.431. The number of fused-ring (bicyclic) bond motifs is 1. The Labute approximate surface area is 63.7 Å². The van der Waals surface area contributed by atoms with E-state index in [0.717, 1.165) is 11.2 Å². The number of nitrogens with two attached hydrogens (primary N) is 1. The van der Waals surface area contributed by atoms with Crippen molar-refractivity contribution >= 4 is 11.6 Å². The fraction of sp³-hybridized carbons (Fsp3) is 0.143. The van der Waals surface area contributed by atoms with Gasteiger partial charge in [0.1, 0.15) is 0 Å². The molecule has 11 heavy (non-hydrogen) atoms. The molecule has 2 heterocycles. The summed E-state index contributed by atoms with van der Waals surface area (Å²) in [5.41, 5.74) is 7.47. The molecule has 4 nitrogen and oxygen atoms in total. The highest BCUT2D eigenvalue weighted by Gasteiger charge is 1.98. The Morgan fingerprint density at radius 1 is 1.45 bits per heavy atom. The van der Waals surface area contributed by atoms with Gasteiger partial charge in [-0.15, -0.1) is 10.2 Å². The van der Waals surface area contributed by atoms with Crippen LogP contribution in [0.5, 0.6) is 0 Å². The molecule has 2 N–H and O–H groups in total. The van der Waals surface area contributed by atoms with Crippen LogP contribution in [0.15, 0.2) is 18.3 Å². The van der Waals surface area contributed by atoms with Gasteiger partial charge in [-0.25, -0.2) is 0 Å². The first-order valence-electron chi connectivity index (χ1n) is 3.34. The van der Waals surface area contributed by atoms with Gasteiger partial charge in [-0.3, -0.25) is 4.40 Å². The number of nitrogens with zero attached hydrogens (tertiary/aromatic N) is 3. The van der Waals surface area contributed by atoms with Crippen molar-refractivity contribution < 1.29 is 0 Å². The third-order valence-corrected chi connectivity index (χ3v) is 1.59. The van der Waals surface area contributed by atoms with Crippen LogP contribution in [0.4, 0.5) is 5.95 Å². The largest absolute Gasteiger partial charge is 0.368 e. The van der Waals surface area contributed by atoms with Gasteiger partial charge in [0.2, 0.25) is 5.95 Å². The molecule has 2 rings (SSSR count). The summed E-state index contributed by atoms with van der Waals surface area (Å²) in [5.74, 6) is 0.431. The van der Waals surface area contributed by atoms with Crippen LogP contribution < -0.4 is 5.73 Å². The molecule has 0 aliphatic carbocycles. The molecular formula is C7H8N4. The zero-order valence-corrected chi connectivity index (χ0v) is 6.15. The first kappa shape index (κ1) is 6.15. The number of hydrogen-bond acceptors (Lipinski definition) is 3. The number of nitrogen functional groups attached to an aromatic ring is 1. The van der Waals surface area contributed by atoms with Gasteiger partial charge < -0.3 is 5.73 Å². The van der Waals surface area contributed by atoms with Crippen molar-refractivity contribution in [2.45, 2.75) is 6.92 Å². The fourth-order valence-corrected chi connectivity index (χ4v) is 1.01. The van der Waals surface area contributed by atoms with Gasteiger partial charge in [-0.05, 0) is 24.6 Å². The molecule has 0 aromatic carbocycles. The predicted molar refractivity (Wildman–Crippen MR) is 42.1 cm³/mol. The molecule has 0 fully saturated rings. The lowest BCUT2D eigenvalue weighted by Crippen LogP contribution is -1.93. The van der Waals surface area contributed by atoms with Gasteiger partial charge >= 0.3 is 0 Å². The van der Waals surface area contributed by atoms with Crippen LogP contribution in [0.2, 0.25) is 0 Å². The minimum atomic E-state index is 0.431. The number of hydrogen-bond donors (Lipinski definition) is 1. The molecule has 0 amide bonds. The Morgan fingerprint density at radius 2 is 2.27 bits per heavy atom. The van der Waals surface area contributed by atoms with Crippen molar-refractivity contribution in [1.29, 1.82) is 0 Å². The molecule has 0 radical (unpaired) electrons. The number of rotatable bonds is 0. The highest BCUT2D eigenvalue weighted by atomic mass is 15.3. The van der Waals surface area contributed by atoms with E-state index in [1.807, 2.05) is 25.3 Å². The van der Waals surface area contributed by atoms with Crippen LogP contribution in [-0.4, -0.2) is 14.6 Å². The second-order valence-electron chi connectivity index (χ2n) is 2.49. The third-order valence-electron chi connectivity index (χ3n) is 1.59. The van der Waals surface area contributed by atoms with Gasteiger partial charge in [0, 0.05) is 6.20 Å². The molecule has 0 unspecified atom stereocenters. The van der Waals surface area contributed by atoms with E-state index in [0.29, 0.717) is 5.95 Å². The summed E-state index contributed by atoms with van der Waals surface area (Å²) in [6, 6.07) is 3.90. The zero-order valence-electron chi connectivity index (χ0n) is 6.15. The molecule has 2 aromatic rings. The Hall–Kier alpha value is -1.58. The lowest BCUT2D eigenvalue weighted by Gasteiger charge is -1.93. The minimum Gasteiger partial charge on any atom is -0.368 e. The SMILES string of the molecule is Cc1ccn2c(N)nnc2c1. The van der Waals surface area contributed by atoms with Crippen molar-refractivity contribution in [3.8, 4) is 0 Å². The highest BCUT2D eigenvalue weighted by Crippen LogP contribution is 2.06. The topological polar surface area (TPSA) is 56.2 Å². The fourth-order valence-electron chi connectivity index (χ4n) is 1.01.